The number of aromatic nitrogens is 2. The van der Waals surface area contributed by atoms with Gasteiger partial charge in [-0.3, -0.25) is 9.59 Å². The second-order valence-electron chi connectivity index (χ2n) is 9.32. The van der Waals surface area contributed by atoms with Crippen LogP contribution in [0.5, 0.6) is 11.5 Å². The van der Waals surface area contributed by atoms with E-state index in [9.17, 15) is 9.59 Å². The van der Waals surface area contributed by atoms with E-state index in [1.54, 1.807) is 49.6 Å². The van der Waals surface area contributed by atoms with Crippen LogP contribution in [0.3, 0.4) is 0 Å². The molecule has 0 saturated carbocycles. The number of ether oxygens (including phenoxy) is 2. The minimum Gasteiger partial charge on any atom is -0.493 e. The van der Waals surface area contributed by atoms with Gasteiger partial charge in [-0.2, -0.15) is 0 Å². The lowest BCUT2D eigenvalue weighted by Crippen LogP contribution is -2.52. The Kier molecular flexibility index (Phi) is 8.24. The highest BCUT2D eigenvalue weighted by molar-refractivity contribution is 5.96. The smallest absolute Gasteiger partial charge is 0.254 e. The summed E-state index contributed by atoms with van der Waals surface area (Å²) in [6, 6.07) is 22.0. The number of carbonyl (C=O) groups excluding carboxylic acids is 2. The van der Waals surface area contributed by atoms with Crippen LogP contribution >= 0.6 is 0 Å². The van der Waals surface area contributed by atoms with Crippen LogP contribution in [0.15, 0.2) is 83.5 Å². The first-order chi connectivity index (χ1) is 19.6. The van der Waals surface area contributed by atoms with E-state index in [2.05, 4.69) is 15.1 Å². The summed E-state index contributed by atoms with van der Waals surface area (Å²) in [5.41, 5.74) is 2.12. The van der Waals surface area contributed by atoms with Crippen molar-refractivity contribution in [2.24, 2.45) is 0 Å². The fraction of sp³-hybridized carbons (Fsp3) is 0.267. The number of carbonyl (C=O) groups is 2. The highest BCUT2D eigenvalue weighted by Crippen LogP contribution is 2.31. The Morgan fingerprint density at radius 2 is 1.65 bits per heavy atom. The number of hydrogen-bond acceptors (Lipinski definition) is 8. The number of methoxy groups -OCH3 is 2. The summed E-state index contributed by atoms with van der Waals surface area (Å²) in [5, 5.41) is 8.84. The van der Waals surface area contributed by atoms with E-state index in [0.29, 0.717) is 49.0 Å². The van der Waals surface area contributed by atoms with Gasteiger partial charge in [0.05, 0.1) is 32.7 Å². The second-order valence-corrected chi connectivity index (χ2v) is 9.32. The summed E-state index contributed by atoms with van der Waals surface area (Å²) in [5.74, 6) is 2.32. The lowest BCUT2D eigenvalue weighted by molar-refractivity contribution is -0.132. The predicted octanol–water partition coefficient (Wildman–Crippen LogP) is 3.75. The molecule has 1 aliphatic heterocycles. The Bertz CT molecular complexity index is 1420. The molecule has 0 atom stereocenters. The molecular formula is C30H31N5O5. The van der Waals surface area contributed by atoms with Gasteiger partial charge >= 0.3 is 0 Å². The molecule has 0 N–H and O–H groups in total. The fourth-order valence-electron chi connectivity index (χ4n) is 4.65. The van der Waals surface area contributed by atoms with Crippen molar-refractivity contribution in [3.05, 3.63) is 90.4 Å². The van der Waals surface area contributed by atoms with Crippen molar-refractivity contribution >= 4 is 17.6 Å². The fourth-order valence-corrected chi connectivity index (χ4v) is 4.65. The maximum atomic E-state index is 13.3. The molecule has 4 aromatic rings. The number of anilines is 1. The molecular weight excluding hydrogens is 510 g/mol. The average Bonchev–Trinajstić information content (AvgIpc) is 3.54. The molecule has 206 valence electrons. The standard InChI is InChI=1S/C30H31N5O5/c1-38-26-12-10-23(19-27(26)39-2)25-11-13-28(32-31-25)33-14-16-34(17-15-33)29(36)21-35(20-24-9-6-18-40-24)30(37)22-7-4-3-5-8-22/h3-13,18-19H,14-17,20-21H2,1-2H3. The highest BCUT2D eigenvalue weighted by Gasteiger charge is 2.26. The van der Waals surface area contributed by atoms with Crippen LogP contribution in [0.2, 0.25) is 0 Å². The molecule has 0 bridgehead atoms. The molecule has 10 nitrogen and oxygen atoms in total. The number of rotatable bonds is 9. The first kappa shape index (κ1) is 26.7. The maximum Gasteiger partial charge on any atom is 0.254 e. The molecule has 10 heteroatoms. The van der Waals surface area contributed by atoms with Crippen molar-refractivity contribution < 1.29 is 23.5 Å². The average molecular weight is 542 g/mol. The van der Waals surface area contributed by atoms with E-state index in [1.165, 1.54) is 4.90 Å². The van der Waals surface area contributed by atoms with Crippen LogP contribution in [-0.2, 0) is 11.3 Å². The van der Waals surface area contributed by atoms with E-state index >= 15 is 0 Å². The zero-order valence-corrected chi connectivity index (χ0v) is 22.5. The van der Waals surface area contributed by atoms with Crippen molar-refractivity contribution in [3.63, 3.8) is 0 Å². The summed E-state index contributed by atoms with van der Waals surface area (Å²) >= 11 is 0. The van der Waals surface area contributed by atoms with Crippen molar-refractivity contribution in [3.8, 4) is 22.8 Å². The lowest BCUT2D eigenvalue weighted by atomic mass is 10.1. The predicted molar refractivity (Wildman–Crippen MR) is 149 cm³/mol. The summed E-state index contributed by atoms with van der Waals surface area (Å²) < 4.78 is 16.1. The van der Waals surface area contributed by atoms with Gasteiger partial charge in [-0.25, -0.2) is 0 Å². The third kappa shape index (κ3) is 6.06. The van der Waals surface area contributed by atoms with Gasteiger partial charge in [0.2, 0.25) is 5.91 Å². The molecule has 5 rings (SSSR count). The molecule has 0 spiro atoms. The summed E-state index contributed by atoms with van der Waals surface area (Å²) in [7, 11) is 3.19. The summed E-state index contributed by atoms with van der Waals surface area (Å²) in [4.78, 5) is 31.9. The minimum absolute atomic E-state index is 0.0335. The maximum absolute atomic E-state index is 13.3. The normalized spacial score (nSPS) is 13.2. The van der Waals surface area contributed by atoms with Gasteiger partial charge in [0, 0.05) is 37.3 Å². The molecule has 1 fully saturated rings. The first-order valence-corrected chi connectivity index (χ1v) is 13.0. The topological polar surface area (TPSA) is 101 Å². The molecule has 0 aliphatic carbocycles. The van der Waals surface area contributed by atoms with Crippen LogP contribution in [0.25, 0.3) is 11.3 Å². The third-order valence-corrected chi connectivity index (χ3v) is 6.85. The number of nitrogens with zero attached hydrogens (tertiary/aromatic N) is 5. The van der Waals surface area contributed by atoms with Crippen molar-refractivity contribution in [2.75, 3.05) is 51.8 Å². The van der Waals surface area contributed by atoms with Gasteiger partial charge in [0.1, 0.15) is 12.3 Å². The van der Waals surface area contributed by atoms with Crippen molar-refractivity contribution in [1.82, 2.24) is 20.0 Å². The van der Waals surface area contributed by atoms with Gasteiger partial charge < -0.3 is 28.6 Å². The second kappa shape index (κ2) is 12.3. The number of furan rings is 1. The largest absolute Gasteiger partial charge is 0.493 e. The van der Waals surface area contributed by atoms with Gasteiger partial charge in [-0.05, 0) is 54.6 Å². The van der Waals surface area contributed by atoms with Crippen LogP contribution in [0.1, 0.15) is 16.1 Å². The van der Waals surface area contributed by atoms with Gasteiger partial charge in [-0.1, -0.05) is 18.2 Å². The zero-order valence-electron chi connectivity index (χ0n) is 22.5. The molecule has 3 heterocycles. The Balaban J connectivity index is 1.20. The Morgan fingerprint density at radius 1 is 0.875 bits per heavy atom. The number of piperazine rings is 1. The van der Waals surface area contributed by atoms with E-state index in [1.807, 2.05) is 48.5 Å². The van der Waals surface area contributed by atoms with Gasteiger partial charge in [-0.15, -0.1) is 10.2 Å². The minimum atomic E-state index is -0.214. The van der Waals surface area contributed by atoms with Gasteiger partial charge in [0.25, 0.3) is 5.91 Å². The number of amides is 2. The molecule has 1 saturated heterocycles. The molecule has 40 heavy (non-hydrogen) atoms. The third-order valence-electron chi connectivity index (χ3n) is 6.85. The molecule has 1 aliphatic rings. The van der Waals surface area contributed by atoms with Crippen LogP contribution in [0.4, 0.5) is 5.82 Å². The Labute approximate surface area is 232 Å². The molecule has 2 amide bonds. The Morgan fingerprint density at radius 3 is 2.30 bits per heavy atom. The van der Waals surface area contributed by atoms with E-state index in [-0.39, 0.29) is 24.9 Å². The molecule has 2 aromatic carbocycles. The van der Waals surface area contributed by atoms with Crippen LogP contribution in [0, 0.1) is 0 Å². The SMILES string of the molecule is COc1ccc(-c2ccc(N3CCN(C(=O)CN(Cc4ccco4)C(=O)c4ccccc4)CC3)nn2)cc1OC. The molecule has 0 unspecified atom stereocenters. The number of benzene rings is 2. The quantitative estimate of drug-likeness (QED) is 0.316. The lowest BCUT2D eigenvalue weighted by Gasteiger charge is -2.36. The Hall–Kier alpha value is -4.86. The van der Waals surface area contributed by atoms with Crippen LogP contribution < -0.4 is 14.4 Å². The summed E-state index contributed by atoms with van der Waals surface area (Å²) in [6.07, 6.45) is 1.56. The molecule has 0 radical (unpaired) electrons. The number of hydrogen-bond donors (Lipinski definition) is 0. The molecule has 2 aromatic heterocycles. The van der Waals surface area contributed by atoms with E-state index in [4.69, 9.17) is 13.9 Å². The highest BCUT2D eigenvalue weighted by atomic mass is 16.5. The van der Waals surface area contributed by atoms with Crippen LogP contribution in [-0.4, -0.2) is 78.8 Å². The van der Waals surface area contributed by atoms with E-state index in [0.717, 1.165) is 17.1 Å². The first-order valence-electron chi connectivity index (χ1n) is 13.0. The van der Waals surface area contributed by atoms with E-state index < -0.39 is 0 Å². The van der Waals surface area contributed by atoms with Crippen molar-refractivity contribution in [1.29, 1.82) is 0 Å². The zero-order chi connectivity index (χ0) is 27.9. The monoisotopic (exact) mass is 541 g/mol. The summed E-state index contributed by atoms with van der Waals surface area (Å²) in [6.45, 7) is 2.45. The van der Waals surface area contributed by atoms with Gasteiger partial charge in [0.15, 0.2) is 17.3 Å². The van der Waals surface area contributed by atoms with Crippen molar-refractivity contribution in [2.45, 2.75) is 6.54 Å².